The third-order valence-electron chi connectivity index (χ3n) is 2.76. The summed E-state index contributed by atoms with van der Waals surface area (Å²) in [6.45, 7) is 4.28. The molecule has 0 aliphatic heterocycles. The quantitative estimate of drug-likeness (QED) is 0.744. The number of carbonyl (C=O) groups is 1. The topological polar surface area (TPSA) is 43.1 Å². The molecule has 1 aromatic carbocycles. The maximum absolute atomic E-state index is 11.2. The number of nitrogens with two attached hydrogens (primary N) is 1. The maximum Gasteiger partial charge on any atom is 0.418 e. The molecule has 0 heterocycles. The second-order valence-electron chi connectivity index (χ2n) is 4.54. The number of hydrogen-bond donors (Lipinski definition) is 1. The lowest BCUT2D eigenvalue weighted by molar-refractivity contribution is 0.227. The van der Waals surface area contributed by atoms with Gasteiger partial charge in [-0.15, -0.1) is 0 Å². The average Bonchev–Trinajstić information content (AvgIpc) is 2.17. The summed E-state index contributed by atoms with van der Waals surface area (Å²) in [6, 6.07) is 7.65. The van der Waals surface area contributed by atoms with Gasteiger partial charge in [0.25, 0.3) is 0 Å². The van der Waals surface area contributed by atoms with Gasteiger partial charge in [-0.3, -0.25) is 0 Å². The van der Waals surface area contributed by atoms with Crippen LogP contribution in [0.15, 0.2) is 24.3 Å². The molecule has 1 rings (SSSR count). The van der Waals surface area contributed by atoms with Crippen molar-refractivity contribution in [1.29, 1.82) is 0 Å². The molecule has 3 nitrogen and oxygen atoms in total. The number of primary amides is 1. The van der Waals surface area contributed by atoms with Gasteiger partial charge in [0.2, 0.25) is 0 Å². The molecule has 0 saturated carbocycles. The highest BCUT2D eigenvalue weighted by atomic mass is 16.2. The van der Waals surface area contributed by atoms with Crippen LogP contribution >= 0.6 is 0 Å². The molecule has 0 saturated heterocycles. The van der Waals surface area contributed by atoms with E-state index in [2.05, 4.69) is 13.8 Å². The van der Waals surface area contributed by atoms with Crippen molar-refractivity contribution < 1.29 is 4.79 Å². The van der Waals surface area contributed by atoms with Gasteiger partial charge in [0, 0.05) is 0 Å². The minimum absolute atomic E-state index is 0.0817. The molecule has 0 aromatic heterocycles. The van der Waals surface area contributed by atoms with Gasteiger partial charge in [-0.25, -0.2) is 9.28 Å². The van der Waals surface area contributed by atoms with Crippen LogP contribution in [0.3, 0.4) is 0 Å². The highest BCUT2D eigenvalue weighted by molar-refractivity contribution is 5.84. The summed E-state index contributed by atoms with van der Waals surface area (Å²) < 4.78 is 0.0817. The summed E-state index contributed by atoms with van der Waals surface area (Å²) in [6.07, 6.45) is 0. The Kier molecular flexibility index (Phi) is 3.15. The van der Waals surface area contributed by atoms with Crippen LogP contribution in [0.25, 0.3) is 0 Å². The first-order valence-corrected chi connectivity index (χ1v) is 5.10. The van der Waals surface area contributed by atoms with E-state index in [1.165, 1.54) is 5.56 Å². The molecule has 0 fully saturated rings. The van der Waals surface area contributed by atoms with E-state index in [1.807, 2.05) is 24.3 Å². The third-order valence-corrected chi connectivity index (χ3v) is 2.76. The summed E-state index contributed by atoms with van der Waals surface area (Å²) >= 11 is 0. The van der Waals surface area contributed by atoms with Crippen molar-refractivity contribution in [3.63, 3.8) is 0 Å². The SMILES string of the molecule is CC(C)c1ccc([N+](C)(C)C(N)=O)cc1. The van der Waals surface area contributed by atoms with E-state index in [4.69, 9.17) is 5.73 Å². The lowest BCUT2D eigenvalue weighted by Gasteiger charge is -2.23. The Labute approximate surface area is 91.1 Å². The largest absolute Gasteiger partial charge is 0.418 e. The first-order chi connectivity index (χ1) is 6.85. The van der Waals surface area contributed by atoms with E-state index in [0.29, 0.717) is 5.92 Å². The number of rotatable bonds is 2. The van der Waals surface area contributed by atoms with Gasteiger partial charge in [-0.1, -0.05) is 26.0 Å². The van der Waals surface area contributed by atoms with Crippen LogP contribution in [-0.4, -0.2) is 20.1 Å². The Bertz CT molecular complexity index is 352. The van der Waals surface area contributed by atoms with Crippen LogP contribution in [0, 0.1) is 0 Å². The van der Waals surface area contributed by atoms with Gasteiger partial charge in [0.05, 0.1) is 14.1 Å². The molecule has 0 atom stereocenters. The van der Waals surface area contributed by atoms with Gasteiger partial charge >= 0.3 is 6.03 Å². The molecule has 0 aliphatic carbocycles. The van der Waals surface area contributed by atoms with Crippen molar-refractivity contribution in [1.82, 2.24) is 4.48 Å². The average molecular weight is 207 g/mol. The van der Waals surface area contributed by atoms with Gasteiger partial charge in [-0.05, 0) is 23.6 Å². The molecule has 2 amide bonds. The molecule has 0 bridgehead atoms. The van der Waals surface area contributed by atoms with Crippen LogP contribution in [-0.2, 0) is 0 Å². The summed E-state index contributed by atoms with van der Waals surface area (Å²) in [7, 11) is 3.57. The standard InChI is InChI=1S/C12H18N2O/c1-9(2)10-5-7-11(8-6-10)14(3,4)12(13)15/h5-9H,1-4H3,(H-,13,15)/p+1. The van der Waals surface area contributed by atoms with Gasteiger partial charge in [0.15, 0.2) is 0 Å². The number of hydrogen-bond acceptors (Lipinski definition) is 1. The normalized spacial score (nSPS) is 11.8. The molecule has 0 aliphatic rings. The molecule has 3 heteroatoms. The first-order valence-electron chi connectivity index (χ1n) is 5.10. The van der Waals surface area contributed by atoms with Crippen molar-refractivity contribution in [3.05, 3.63) is 29.8 Å². The summed E-state index contributed by atoms with van der Waals surface area (Å²) in [4.78, 5) is 11.2. The second-order valence-corrected chi connectivity index (χ2v) is 4.54. The van der Waals surface area contributed by atoms with E-state index in [9.17, 15) is 4.79 Å². The van der Waals surface area contributed by atoms with Crippen LogP contribution in [0.5, 0.6) is 0 Å². The van der Waals surface area contributed by atoms with Crippen LogP contribution < -0.4 is 10.2 Å². The Morgan fingerprint density at radius 2 is 1.67 bits per heavy atom. The number of carbonyl (C=O) groups excluding carboxylic acids is 1. The van der Waals surface area contributed by atoms with E-state index < -0.39 is 0 Å². The molecule has 2 N–H and O–H groups in total. The van der Waals surface area contributed by atoms with Crippen molar-refractivity contribution in [3.8, 4) is 0 Å². The van der Waals surface area contributed by atoms with E-state index in [0.717, 1.165) is 5.69 Å². The smallest absolute Gasteiger partial charge is 0.319 e. The fourth-order valence-corrected chi connectivity index (χ4v) is 1.36. The van der Waals surface area contributed by atoms with Crippen molar-refractivity contribution in [2.45, 2.75) is 19.8 Å². The maximum atomic E-state index is 11.2. The number of amides is 2. The number of urea groups is 1. The highest BCUT2D eigenvalue weighted by Gasteiger charge is 2.26. The molecule has 82 valence electrons. The van der Waals surface area contributed by atoms with Crippen molar-refractivity contribution in [2.24, 2.45) is 5.73 Å². The summed E-state index contributed by atoms with van der Waals surface area (Å²) in [5.41, 5.74) is 7.51. The predicted octanol–water partition coefficient (Wildman–Crippen LogP) is 2.46. The van der Waals surface area contributed by atoms with E-state index in [-0.39, 0.29) is 10.5 Å². The molecule has 0 unspecified atom stereocenters. The Balaban J connectivity index is 3.04. The third kappa shape index (κ3) is 2.36. The van der Waals surface area contributed by atoms with Gasteiger partial charge in [-0.2, -0.15) is 0 Å². The van der Waals surface area contributed by atoms with Crippen molar-refractivity contribution in [2.75, 3.05) is 14.1 Å². The zero-order valence-corrected chi connectivity index (χ0v) is 9.82. The van der Waals surface area contributed by atoms with Crippen molar-refractivity contribution >= 4 is 11.7 Å². The number of nitrogens with zero attached hydrogens (tertiary/aromatic N) is 1. The van der Waals surface area contributed by atoms with Gasteiger partial charge < -0.3 is 5.73 Å². The second kappa shape index (κ2) is 4.03. The number of benzene rings is 1. The highest BCUT2D eigenvalue weighted by Crippen LogP contribution is 2.22. The summed E-state index contributed by atoms with van der Waals surface area (Å²) in [5, 5.41) is 0. The molecule has 0 spiro atoms. The Hall–Kier alpha value is -1.35. The molecule has 1 aromatic rings. The lowest BCUT2D eigenvalue weighted by Crippen LogP contribution is -2.50. The van der Waals surface area contributed by atoms with Gasteiger partial charge in [0.1, 0.15) is 5.69 Å². The minimum atomic E-state index is -0.354. The van der Waals surface area contributed by atoms with E-state index in [1.54, 1.807) is 14.1 Å². The fraction of sp³-hybridized carbons (Fsp3) is 0.417. The van der Waals surface area contributed by atoms with Crippen LogP contribution in [0.1, 0.15) is 25.3 Å². The lowest BCUT2D eigenvalue weighted by atomic mass is 10.0. The molecular formula is C12H19N2O+. The molecular weight excluding hydrogens is 188 g/mol. The zero-order chi connectivity index (χ0) is 11.6. The fourth-order valence-electron chi connectivity index (χ4n) is 1.36. The number of quaternary nitrogens is 1. The monoisotopic (exact) mass is 207 g/mol. The molecule has 15 heavy (non-hydrogen) atoms. The van der Waals surface area contributed by atoms with Crippen LogP contribution in [0.4, 0.5) is 10.5 Å². The van der Waals surface area contributed by atoms with Crippen LogP contribution in [0.2, 0.25) is 0 Å². The van der Waals surface area contributed by atoms with E-state index >= 15 is 0 Å². The summed E-state index contributed by atoms with van der Waals surface area (Å²) in [5.74, 6) is 0.503. The zero-order valence-electron chi connectivity index (χ0n) is 9.82. The first kappa shape index (κ1) is 11.7. The Morgan fingerprint density at radius 1 is 1.20 bits per heavy atom. The predicted molar refractivity (Wildman–Crippen MR) is 63.8 cm³/mol. The Morgan fingerprint density at radius 3 is 2.00 bits per heavy atom. The molecule has 0 radical (unpaired) electrons. The minimum Gasteiger partial charge on any atom is -0.319 e.